The van der Waals surface area contributed by atoms with Crippen LogP contribution < -0.4 is 14.8 Å². The minimum Gasteiger partial charge on any atom is -0.493 e. The average molecular weight is 551 g/mol. The van der Waals surface area contributed by atoms with Gasteiger partial charge in [0.2, 0.25) is 17.6 Å². The van der Waals surface area contributed by atoms with Crippen LogP contribution in [-0.4, -0.2) is 63.2 Å². The molecule has 1 unspecified atom stereocenters. The summed E-state index contributed by atoms with van der Waals surface area (Å²) in [5, 5.41) is 15.8. The Bertz CT molecular complexity index is 1320. The van der Waals surface area contributed by atoms with Gasteiger partial charge < -0.3 is 19.7 Å². The lowest BCUT2D eigenvalue weighted by molar-refractivity contribution is -0.144. The molecule has 0 spiro atoms. The Morgan fingerprint density at radius 3 is 2.35 bits per heavy atom. The summed E-state index contributed by atoms with van der Waals surface area (Å²) in [6.45, 7) is -0.189. The Labute approximate surface area is 232 Å². The Balaban J connectivity index is 1.42. The normalized spacial score (nSPS) is 16.6. The van der Waals surface area contributed by atoms with Crippen molar-refractivity contribution in [2.24, 2.45) is 0 Å². The van der Waals surface area contributed by atoms with Crippen LogP contribution in [0.5, 0.6) is 11.5 Å². The molecule has 11 heteroatoms. The van der Waals surface area contributed by atoms with Gasteiger partial charge in [-0.25, -0.2) is 4.39 Å². The van der Waals surface area contributed by atoms with E-state index >= 15 is 0 Å². The maximum absolute atomic E-state index is 14.0. The lowest BCUT2D eigenvalue weighted by Gasteiger charge is -2.36. The number of methoxy groups -OCH3 is 2. The number of nitrogens with one attached hydrogen (secondary N) is 1. The molecule has 1 atom stereocenters. The molecular weight excluding hydrogens is 515 g/mol. The molecule has 1 heterocycles. The molecule has 1 N–H and O–H groups in total. The van der Waals surface area contributed by atoms with Gasteiger partial charge >= 0.3 is 0 Å². The van der Waals surface area contributed by atoms with Crippen molar-refractivity contribution in [1.29, 1.82) is 0 Å². The molecule has 2 fully saturated rings. The number of halogens is 1. The van der Waals surface area contributed by atoms with Crippen LogP contribution in [0.1, 0.15) is 63.0 Å². The summed E-state index contributed by atoms with van der Waals surface area (Å²) < 4.78 is 24.5. The molecule has 10 nitrogen and oxygen atoms in total. The molecule has 1 aromatic heterocycles. The summed E-state index contributed by atoms with van der Waals surface area (Å²) in [7, 11) is 3.10. The van der Waals surface area contributed by atoms with Crippen molar-refractivity contribution in [3.05, 3.63) is 53.8 Å². The zero-order valence-corrected chi connectivity index (χ0v) is 22.9. The maximum atomic E-state index is 14.0. The van der Waals surface area contributed by atoms with Gasteiger partial charge in [0.25, 0.3) is 0 Å². The lowest BCUT2D eigenvalue weighted by Crippen LogP contribution is -2.50. The molecule has 2 aliphatic carbocycles. The fourth-order valence-electron chi connectivity index (χ4n) is 5.78. The van der Waals surface area contributed by atoms with E-state index in [-0.39, 0.29) is 30.4 Å². The van der Waals surface area contributed by atoms with Gasteiger partial charge in [-0.1, -0.05) is 37.8 Å². The first-order valence-electron chi connectivity index (χ1n) is 13.8. The van der Waals surface area contributed by atoms with E-state index in [0.29, 0.717) is 28.5 Å². The van der Waals surface area contributed by atoms with E-state index in [2.05, 4.69) is 20.7 Å². The molecule has 40 heavy (non-hydrogen) atoms. The van der Waals surface area contributed by atoms with Crippen molar-refractivity contribution >= 4 is 11.8 Å². The summed E-state index contributed by atoms with van der Waals surface area (Å²) in [5.74, 6) is 0.497. The molecule has 2 aliphatic rings. The lowest BCUT2D eigenvalue weighted by atomic mass is 10.0. The number of ether oxygens (including phenoxy) is 2. The Morgan fingerprint density at radius 2 is 1.68 bits per heavy atom. The number of tetrazole rings is 1. The van der Waals surface area contributed by atoms with E-state index in [1.54, 1.807) is 49.5 Å². The highest BCUT2D eigenvalue weighted by molar-refractivity contribution is 5.89. The highest BCUT2D eigenvalue weighted by atomic mass is 19.1. The smallest absolute Gasteiger partial charge is 0.247 e. The number of aromatic nitrogens is 4. The summed E-state index contributed by atoms with van der Waals surface area (Å²) in [5.41, 5.74) is 1.24. The Hall–Kier alpha value is -4.02. The fraction of sp³-hybridized carbons (Fsp3) is 0.483. The van der Waals surface area contributed by atoms with Crippen LogP contribution in [0.25, 0.3) is 11.4 Å². The number of nitrogens with zero attached hydrogens (tertiary/aromatic N) is 5. The first-order valence-corrected chi connectivity index (χ1v) is 13.8. The maximum Gasteiger partial charge on any atom is 0.247 e. The van der Waals surface area contributed by atoms with E-state index in [9.17, 15) is 14.0 Å². The first kappa shape index (κ1) is 27.5. The van der Waals surface area contributed by atoms with Crippen LogP contribution in [0.15, 0.2) is 42.5 Å². The van der Waals surface area contributed by atoms with Gasteiger partial charge in [0.1, 0.15) is 18.4 Å². The highest BCUT2D eigenvalue weighted by Crippen LogP contribution is 2.33. The van der Waals surface area contributed by atoms with E-state index in [4.69, 9.17) is 9.47 Å². The van der Waals surface area contributed by atoms with E-state index in [1.165, 1.54) is 16.9 Å². The zero-order valence-electron chi connectivity index (χ0n) is 22.9. The molecule has 2 aromatic carbocycles. The number of benzene rings is 2. The SMILES string of the molecule is COc1ccc(-c2nnn(CC(=O)N(C3CCCC3)C(C(=O)NC3CCCC3)c3ccc(F)cc3)n2)cc1OC. The second kappa shape index (κ2) is 12.4. The molecule has 0 saturated heterocycles. The minimum absolute atomic E-state index is 0.0806. The predicted molar refractivity (Wildman–Crippen MR) is 145 cm³/mol. The van der Waals surface area contributed by atoms with Crippen molar-refractivity contribution in [3.8, 4) is 22.9 Å². The molecule has 0 aliphatic heterocycles. The second-order valence-corrected chi connectivity index (χ2v) is 10.4. The monoisotopic (exact) mass is 550 g/mol. The van der Waals surface area contributed by atoms with Gasteiger partial charge in [-0.2, -0.15) is 4.80 Å². The quantitative estimate of drug-likeness (QED) is 0.405. The number of carbonyl (C=O) groups excluding carboxylic acids is 2. The minimum atomic E-state index is -0.884. The van der Waals surface area contributed by atoms with E-state index in [1.807, 2.05) is 0 Å². The molecule has 0 bridgehead atoms. The van der Waals surface area contributed by atoms with Crippen molar-refractivity contribution in [2.75, 3.05) is 14.2 Å². The average Bonchev–Trinajstić information content (AvgIpc) is 3.76. The number of amides is 2. The molecular formula is C29H35FN6O4. The predicted octanol–water partition coefficient (Wildman–Crippen LogP) is 4.07. The number of rotatable bonds is 10. The molecule has 2 saturated carbocycles. The van der Waals surface area contributed by atoms with Gasteiger partial charge in [-0.15, -0.1) is 10.2 Å². The van der Waals surface area contributed by atoms with Gasteiger partial charge in [0, 0.05) is 17.6 Å². The highest BCUT2D eigenvalue weighted by Gasteiger charge is 2.38. The van der Waals surface area contributed by atoms with Gasteiger partial charge in [0.15, 0.2) is 11.5 Å². The van der Waals surface area contributed by atoms with E-state index in [0.717, 1.165) is 51.4 Å². The summed E-state index contributed by atoms with van der Waals surface area (Å²) in [6.07, 6.45) is 7.50. The number of hydrogen-bond donors (Lipinski definition) is 1. The standard InChI is InChI=1S/C29H35FN6O4/c1-39-24-16-13-20(17-25(24)40-2)28-32-34-35(33-28)18-26(37)36(23-9-5-6-10-23)27(19-11-14-21(30)15-12-19)29(38)31-22-7-3-4-8-22/h11-17,22-23,27H,3-10,18H2,1-2H3,(H,31,38). The molecule has 212 valence electrons. The van der Waals surface area contributed by atoms with Crippen LogP contribution in [0.3, 0.4) is 0 Å². The molecule has 0 radical (unpaired) electrons. The Kier molecular flexibility index (Phi) is 8.57. The van der Waals surface area contributed by atoms with Crippen molar-refractivity contribution in [2.45, 2.75) is 76.0 Å². The summed E-state index contributed by atoms with van der Waals surface area (Å²) in [6, 6.07) is 10.2. The van der Waals surface area contributed by atoms with Crippen LogP contribution in [0.4, 0.5) is 4.39 Å². The van der Waals surface area contributed by atoms with E-state index < -0.39 is 11.9 Å². The topological polar surface area (TPSA) is 111 Å². The fourth-order valence-corrected chi connectivity index (χ4v) is 5.78. The zero-order chi connectivity index (χ0) is 28.1. The van der Waals surface area contributed by atoms with Crippen LogP contribution >= 0.6 is 0 Å². The van der Waals surface area contributed by atoms with Crippen molar-refractivity contribution in [1.82, 2.24) is 30.4 Å². The third kappa shape index (κ3) is 6.08. The molecule has 3 aromatic rings. The molecule has 5 rings (SSSR count). The molecule has 2 amide bonds. The van der Waals surface area contributed by atoms with Crippen molar-refractivity contribution in [3.63, 3.8) is 0 Å². The van der Waals surface area contributed by atoms with Gasteiger partial charge in [-0.3, -0.25) is 9.59 Å². The van der Waals surface area contributed by atoms with Crippen LogP contribution in [-0.2, 0) is 16.1 Å². The Morgan fingerprint density at radius 1 is 1.00 bits per heavy atom. The third-order valence-electron chi connectivity index (χ3n) is 7.79. The second-order valence-electron chi connectivity index (χ2n) is 10.4. The number of hydrogen-bond acceptors (Lipinski definition) is 7. The van der Waals surface area contributed by atoms with Crippen LogP contribution in [0, 0.1) is 5.82 Å². The first-order chi connectivity index (χ1) is 19.5. The number of carbonyl (C=O) groups is 2. The van der Waals surface area contributed by atoms with Gasteiger partial charge in [0.05, 0.1) is 14.2 Å². The summed E-state index contributed by atoms with van der Waals surface area (Å²) >= 11 is 0. The third-order valence-corrected chi connectivity index (χ3v) is 7.79. The van der Waals surface area contributed by atoms with Gasteiger partial charge in [-0.05, 0) is 66.8 Å². The van der Waals surface area contributed by atoms with Crippen LogP contribution in [0.2, 0.25) is 0 Å². The summed E-state index contributed by atoms with van der Waals surface area (Å²) in [4.78, 5) is 30.6. The largest absolute Gasteiger partial charge is 0.493 e. The van der Waals surface area contributed by atoms with Crippen molar-refractivity contribution < 1.29 is 23.5 Å².